The summed E-state index contributed by atoms with van der Waals surface area (Å²) in [7, 11) is 0. The molecular weight excluding hydrogens is 395 g/mol. The van der Waals surface area contributed by atoms with Crippen LogP contribution in [0, 0.1) is 0 Å². The molecule has 27 heavy (non-hydrogen) atoms. The van der Waals surface area contributed by atoms with E-state index in [0.29, 0.717) is 12.2 Å². The Bertz CT molecular complexity index is 730. The van der Waals surface area contributed by atoms with E-state index in [1.54, 1.807) is 26.0 Å². The Morgan fingerprint density at radius 2 is 1.96 bits per heavy atom. The first-order chi connectivity index (χ1) is 12.3. The van der Waals surface area contributed by atoms with Crippen LogP contribution >= 0.6 is 11.8 Å². The zero-order chi connectivity index (χ0) is 19.1. The third-order valence-corrected chi connectivity index (χ3v) is 6.23. The minimum atomic E-state index is -1.03. The third-order valence-electron chi connectivity index (χ3n) is 4.66. The van der Waals surface area contributed by atoms with Crippen molar-refractivity contribution >= 4 is 80.9 Å². The Kier molecular flexibility index (Phi) is 7.43. The molecule has 2 aliphatic rings. The van der Waals surface area contributed by atoms with Crippen molar-refractivity contribution in [2.45, 2.75) is 55.5 Å². The number of ether oxygens (including phenoxy) is 1. The molecule has 0 bridgehead atoms. The van der Waals surface area contributed by atoms with Gasteiger partial charge in [0, 0.05) is 4.75 Å². The number of carboxylic acids is 1. The number of rotatable bonds is 6. The number of aliphatic carboxylic acids is 1. The Labute approximate surface area is 205 Å². The van der Waals surface area contributed by atoms with Gasteiger partial charge in [-0.05, 0) is 32.4 Å². The molecule has 2 N–H and O–H groups in total. The van der Waals surface area contributed by atoms with Crippen LogP contribution in [-0.2, 0) is 14.4 Å². The van der Waals surface area contributed by atoms with Gasteiger partial charge in [-0.25, -0.2) is 4.79 Å². The summed E-state index contributed by atoms with van der Waals surface area (Å²) in [5, 5.41) is 11.8. The van der Waals surface area contributed by atoms with E-state index in [4.69, 9.17) is 4.74 Å². The number of benzene rings is 1. The summed E-state index contributed by atoms with van der Waals surface area (Å²) in [4.78, 5) is 37.9. The molecular formula is C18H23KN2O5S. The fourth-order valence-corrected chi connectivity index (χ4v) is 5.00. The van der Waals surface area contributed by atoms with Crippen LogP contribution < -0.4 is 10.1 Å². The number of nitrogens with zero attached hydrogens (tertiary/aromatic N) is 1. The number of hydrogen-bond donors (Lipinski definition) is 2. The van der Waals surface area contributed by atoms with Gasteiger partial charge in [0.1, 0.15) is 23.2 Å². The molecule has 2 amide bonds. The standard InChI is InChI=1S/C18H22N2O5S.K.H/c1-4-11(25-10-8-6-5-7-9-10)14(21)19-12-15(22)20-13(17(23)24)18(2,3)26-16(12)20;;/h5-9,11-13,16H,4H2,1-3H3,(H,19,21)(H,23,24);;/t11?,12-,13+,16-;;/m1../s1. The number of hydrogen-bond acceptors (Lipinski definition) is 5. The van der Waals surface area contributed by atoms with Gasteiger partial charge >= 0.3 is 57.4 Å². The van der Waals surface area contributed by atoms with Crippen molar-refractivity contribution in [3.8, 4) is 5.75 Å². The van der Waals surface area contributed by atoms with Crippen LogP contribution in [0.15, 0.2) is 30.3 Å². The van der Waals surface area contributed by atoms with Crippen molar-refractivity contribution in [2.75, 3.05) is 0 Å². The van der Waals surface area contributed by atoms with Crippen molar-refractivity contribution in [3.05, 3.63) is 30.3 Å². The Morgan fingerprint density at radius 3 is 2.52 bits per heavy atom. The van der Waals surface area contributed by atoms with E-state index in [9.17, 15) is 19.5 Å². The quantitative estimate of drug-likeness (QED) is 0.525. The van der Waals surface area contributed by atoms with Gasteiger partial charge in [0.05, 0.1) is 0 Å². The van der Waals surface area contributed by atoms with Crippen LogP contribution in [-0.4, -0.2) is 107 Å². The van der Waals surface area contributed by atoms with E-state index < -0.39 is 28.9 Å². The molecule has 0 saturated carbocycles. The van der Waals surface area contributed by atoms with Gasteiger partial charge < -0.3 is 20.1 Å². The number of thioether (sulfide) groups is 1. The maximum atomic E-state index is 12.6. The predicted molar refractivity (Wildman–Crippen MR) is 104 cm³/mol. The topological polar surface area (TPSA) is 95.9 Å². The van der Waals surface area contributed by atoms with Crippen LogP contribution in [0.25, 0.3) is 0 Å². The molecule has 1 aromatic rings. The van der Waals surface area contributed by atoms with Crippen LogP contribution in [0.1, 0.15) is 27.2 Å². The Hall–Kier alpha value is -0.584. The SMILES string of the molecule is CCC(Oc1ccccc1)C(=O)N[C@@H]1C(=O)N2[C@@H]1SC(C)(C)[C@@H]2C(=O)O.[KH]. The van der Waals surface area contributed by atoms with Gasteiger partial charge in [-0.2, -0.15) is 0 Å². The Balaban J connectivity index is 0.00000261. The third kappa shape index (κ3) is 4.38. The van der Waals surface area contributed by atoms with Crippen LogP contribution in [0.3, 0.4) is 0 Å². The molecule has 0 aromatic heterocycles. The molecule has 3 rings (SSSR count). The maximum absolute atomic E-state index is 12.6. The summed E-state index contributed by atoms with van der Waals surface area (Å²) < 4.78 is 5.09. The van der Waals surface area contributed by atoms with Gasteiger partial charge in [0.25, 0.3) is 5.91 Å². The molecule has 2 saturated heterocycles. The molecule has 7 nitrogen and oxygen atoms in total. The summed E-state index contributed by atoms with van der Waals surface area (Å²) in [6.45, 7) is 5.43. The van der Waals surface area contributed by atoms with Gasteiger partial charge in [-0.3, -0.25) is 9.59 Å². The van der Waals surface area contributed by atoms with Crippen molar-refractivity contribution < 1.29 is 24.2 Å². The number of carbonyl (C=O) groups excluding carboxylic acids is 2. The molecule has 0 radical (unpaired) electrons. The van der Waals surface area contributed by atoms with Gasteiger partial charge in [-0.1, -0.05) is 25.1 Å². The second kappa shape index (κ2) is 8.83. The van der Waals surface area contributed by atoms with Crippen LogP contribution in [0.5, 0.6) is 5.75 Å². The first kappa shape index (κ1) is 22.7. The summed E-state index contributed by atoms with van der Waals surface area (Å²) in [5.41, 5.74) is 0. The van der Waals surface area contributed by atoms with E-state index in [2.05, 4.69) is 5.32 Å². The van der Waals surface area contributed by atoms with E-state index in [-0.39, 0.29) is 68.6 Å². The monoisotopic (exact) mass is 418 g/mol. The molecule has 1 unspecified atom stereocenters. The second-order valence-corrected chi connectivity index (χ2v) is 8.68. The van der Waals surface area contributed by atoms with Crippen molar-refractivity contribution in [2.24, 2.45) is 0 Å². The van der Waals surface area contributed by atoms with Gasteiger partial charge in [0.2, 0.25) is 5.91 Å². The molecule has 142 valence electrons. The van der Waals surface area contributed by atoms with E-state index >= 15 is 0 Å². The van der Waals surface area contributed by atoms with E-state index in [0.717, 1.165) is 0 Å². The first-order valence-corrected chi connectivity index (χ1v) is 9.39. The normalized spacial score (nSPS) is 26.3. The summed E-state index contributed by atoms with van der Waals surface area (Å²) >= 11 is 1.40. The first-order valence-electron chi connectivity index (χ1n) is 8.51. The molecule has 2 heterocycles. The van der Waals surface area contributed by atoms with Crippen LogP contribution in [0.4, 0.5) is 0 Å². The van der Waals surface area contributed by atoms with Crippen LogP contribution in [0.2, 0.25) is 0 Å². The second-order valence-electron chi connectivity index (χ2n) is 6.91. The molecule has 9 heteroatoms. The number of amides is 2. The zero-order valence-corrected chi connectivity index (χ0v) is 15.7. The summed E-state index contributed by atoms with van der Waals surface area (Å²) in [5.74, 6) is -1.17. The fourth-order valence-electron chi connectivity index (χ4n) is 3.38. The minimum absolute atomic E-state index is 0. The number of nitrogens with one attached hydrogen (secondary N) is 1. The number of fused-ring (bicyclic) bond motifs is 1. The number of carbonyl (C=O) groups is 3. The van der Waals surface area contributed by atoms with Gasteiger partial charge in [-0.15, -0.1) is 11.8 Å². The van der Waals surface area contributed by atoms with Crippen molar-refractivity contribution in [3.63, 3.8) is 0 Å². The summed E-state index contributed by atoms with van der Waals surface area (Å²) in [6.07, 6.45) is -0.263. The van der Waals surface area contributed by atoms with Gasteiger partial charge in [0.15, 0.2) is 6.10 Å². The summed E-state index contributed by atoms with van der Waals surface area (Å²) in [6, 6.07) is 7.41. The zero-order valence-electron chi connectivity index (χ0n) is 14.8. The molecule has 2 fully saturated rings. The number of para-hydroxylation sites is 1. The average Bonchev–Trinajstić information content (AvgIpc) is 2.86. The average molecular weight is 419 g/mol. The van der Waals surface area contributed by atoms with E-state index in [1.165, 1.54) is 16.7 Å². The Morgan fingerprint density at radius 1 is 1.33 bits per heavy atom. The van der Waals surface area contributed by atoms with E-state index in [1.807, 2.05) is 25.1 Å². The van der Waals surface area contributed by atoms with Crippen molar-refractivity contribution in [1.29, 1.82) is 0 Å². The molecule has 1 aromatic carbocycles. The molecule has 0 aliphatic carbocycles. The molecule has 0 spiro atoms. The number of carboxylic acid groups (broad SMARTS) is 1. The fraction of sp³-hybridized carbons (Fsp3) is 0.500. The number of β-lactam (4-membered cyclic amide) rings is 1. The van der Waals surface area contributed by atoms with Crippen molar-refractivity contribution in [1.82, 2.24) is 10.2 Å². The molecule has 2 aliphatic heterocycles. The predicted octanol–water partition coefficient (Wildman–Crippen LogP) is 0.827. The molecule has 4 atom stereocenters.